The van der Waals surface area contributed by atoms with Gasteiger partial charge in [0.2, 0.25) is 0 Å². The molecule has 0 aliphatic heterocycles. The highest BCUT2D eigenvalue weighted by molar-refractivity contribution is 9.10. The van der Waals surface area contributed by atoms with Crippen molar-refractivity contribution in [2.75, 3.05) is 0 Å². The van der Waals surface area contributed by atoms with Crippen LogP contribution in [0, 0.1) is 46.3 Å². The van der Waals surface area contributed by atoms with Crippen molar-refractivity contribution >= 4 is 21.9 Å². The molecule has 0 spiro atoms. The lowest BCUT2D eigenvalue weighted by atomic mass is 9.47. The molecule has 0 aromatic heterocycles. The second kappa shape index (κ2) is 10.6. The second-order valence-electron chi connectivity index (χ2n) is 13.5. The van der Waals surface area contributed by atoms with Gasteiger partial charge >= 0.3 is 5.97 Å². The SMILES string of the molecule is CCC(Br)C(=O)OC1CCC2(C)C(=CCC3C2CCC2(C)C(C(C)CCCC(C)C)CCC32)C1. The van der Waals surface area contributed by atoms with Crippen molar-refractivity contribution in [1.82, 2.24) is 0 Å². The van der Waals surface area contributed by atoms with Crippen molar-refractivity contribution in [3.05, 3.63) is 11.6 Å². The Hall–Kier alpha value is -0.310. The number of halogens is 1. The van der Waals surface area contributed by atoms with Crippen molar-refractivity contribution < 1.29 is 9.53 Å². The van der Waals surface area contributed by atoms with Gasteiger partial charge in [0.1, 0.15) is 10.9 Å². The molecular formula is C31H51BrO2. The molecule has 194 valence electrons. The van der Waals surface area contributed by atoms with Crippen LogP contribution in [0.5, 0.6) is 0 Å². The van der Waals surface area contributed by atoms with Crippen molar-refractivity contribution in [2.45, 2.75) is 130 Å². The monoisotopic (exact) mass is 534 g/mol. The van der Waals surface area contributed by atoms with Gasteiger partial charge in [-0.2, -0.15) is 0 Å². The summed E-state index contributed by atoms with van der Waals surface area (Å²) in [6, 6.07) is 0. The van der Waals surface area contributed by atoms with Gasteiger partial charge in [0, 0.05) is 6.42 Å². The van der Waals surface area contributed by atoms with E-state index in [4.69, 9.17) is 4.74 Å². The number of alkyl halides is 1. The smallest absolute Gasteiger partial charge is 0.319 e. The Bertz CT molecular complexity index is 759. The van der Waals surface area contributed by atoms with Gasteiger partial charge < -0.3 is 4.74 Å². The van der Waals surface area contributed by atoms with E-state index in [0.717, 1.165) is 54.8 Å². The van der Waals surface area contributed by atoms with Crippen LogP contribution in [0.25, 0.3) is 0 Å². The number of hydrogen-bond donors (Lipinski definition) is 0. The zero-order valence-electron chi connectivity index (χ0n) is 22.9. The Balaban J connectivity index is 1.43. The molecule has 4 aliphatic rings. The first-order chi connectivity index (χ1) is 16.1. The molecule has 0 aromatic carbocycles. The minimum atomic E-state index is -0.162. The number of carbonyl (C=O) groups is 1. The maximum atomic E-state index is 12.4. The van der Waals surface area contributed by atoms with E-state index in [1.165, 1.54) is 57.8 Å². The number of fused-ring (bicyclic) bond motifs is 5. The summed E-state index contributed by atoms with van der Waals surface area (Å²) >= 11 is 3.47. The minimum absolute atomic E-state index is 0.0710. The minimum Gasteiger partial charge on any atom is -0.461 e. The van der Waals surface area contributed by atoms with E-state index >= 15 is 0 Å². The molecule has 0 aromatic rings. The summed E-state index contributed by atoms with van der Waals surface area (Å²) in [5, 5.41) is 0. The van der Waals surface area contributed by atoms with Gasteiger partial charge in [-0.25, -0.2) is 0 Å². The summed E-state index contributed by atoms with van der Waals surface area (Å²) in [7, 11) is 0. The predicted octanol–water partition coefficient (Wildman–Crippen LogP) is 9.11. The van der Waals surface area contributed by atoms with Crippen molar-refractivity contribution in [1.29, 1.82) is 0 Å². The first-order valence-electron chi connectivity index (χ1n) is 14.6. The summed E-state index contributed by atoms with van der Waals surface area (Å²) in [5.74, 6) is 5.18. The highest BCUT2D eigenvalue weighted by Crippen LogP contribution is 2.67. The number of allylic oxidation sites excluding steroid dienone is 1. The first kappa shape index (κ1) is 26.7. The van der Waals surface area contributed by atoms with E-state index in [1.54, 1.807) is 5.57 Å². The molecule has 0 bridgehead atoms. The Kier molecular flexibility index (Phi) is 8.33. The normalized spacial score (nSPS) is 41.2. The van der Waals surface area contributed by atoms with Gasteiger partial charge in [-0.3, -0.25) is 4.79 Å². The predicted molar refractivity (Wildman–Crippen MR) is 146 cm³/mol. The largest absolute Gasteiger partial charge is 0.461 e. The van der Waals surface area contributed by atoms with Gasteiger partial charge in [0.05, 0.1) is 0 Å². The molecule has 34 heavy (non-hydrogen) atoms. The molecule has 0 amide bonds. The van der Waals surface area contributed by atoms with Gasteiger partial charge in [-0.05, 0) is 97.7 Å². The topological polar surface area (TPSA) is 26.3 Å². The third-order valence-electron chi connectivity index (χ3n) is 11.2. The molecule has 0 saturated heterocycles. The lowest BCUT2D eigenvalue weighted by Crippen LogP contribution is -2.51. The molecule has 3 heteroatoms. The van der Waals surface area contributed by atoms with Gasteiger partial charge in [-0.1, -0.05) is 88.4 Å². The lowest BCUT2D eigenvalue weighted by Gasteiger charge is -2.58. The lowest BCUT2D eigenvalue weighted by molar-refractivity contribution is -0.150. The molecule has 0 N–H and O–H groups in total. The van der Waals surface area contributed by atoms with Crippen LogP contribution in [-0.2, 0) is 9.53 Å². The summed E-state index contributed by atoms with van der Waals surface area (Å²) < 4.78 is 5.92. The zero-order chi connectivity index (χ0) is 24.7. The van der Waals surface area contributed by atoms with Crippen LogP contribution in [0.15, 0.2) is 11.6 Å². The summed E-state index contributed by atoms with van der Waals surface area (Å²) in [5.41, 5.74) is 2.49. The Morgan fingerprint density at radius 3 is 2.56 bits per heavy atom. The quantitative estimate of drug-likeness (QED) is 0.176. The summed E-state index contributed by atoms with van der Waals surface area (Å²) in [6.45, 7) is 14.6. The third-order valence-corrected chi connectivity index (χ3v) is 12.2. The van der Waals surface area contributed by atoms with E-state index in [9.17, 15) is 4.79 Å². The van der Waals surface area contributed by atoms with E-state index < -0.39 is 0 Å². The van der Waals surface area contributed by atoms with E-state index in [0.29, 0.717) is 10.8 Å². The molecule has 3 saturated carbocycles. The number of ether oxygens (including phenoxy) is 1. The summed E-state index contributed by atoms with van der Waals surface area (Å²) in [4.78, 5) is 12.2. The fraction of sp³-hybridized carbons (Fsp3) is 0.903. The van der Waals surface area contributed by atoms with E-state index in [1.807, 2.05) is 6.92 Å². The Morgan fingerprint density at radius 2 is 1.85 bits per heavy atom. The third kappa shape index (κ3) is 4.95. The molecule has 9 atom stereocenters. The maximum Gasteiger partial charge on any atom is 0.319 e. The Morgan fingerprint density at radius 1 is 1.09 bits per heavy atom. The van der Waals surface area contributed by atoms with Crippen LogP contribution in [0.2, 0.25) is 0 Å². The molecule has 0 radical (unpaired) electrons. The van der Waals surface area contributed by atoms with Crippen molar-refractivity contribution in [3.8, 4) is 0 Å². The fourth-order valence-corrected chi connectivity index (χ4v) is 9.27. The number of rotatable bonds is 8. The average Bonchev–Trinajstić information content (AvgIpc) is 3.15. The Labute approximate surface area is 218 Å². The molecule has 0 heterocycles. The second-order valence-corrected chi connectivity index (χ2v) is 14.6. The number of hydrogen-bond acceptors (Lipinski definition) is 2. The number of esters is 1. The van der Waals surface area contributed by atoms with Crippen LogP contribution in [0.4, 0.5) is 0 Å². The summed E-state index contributed by atoms with van der Waals surface area (Å²) in [6.07, 6.45) is 17.9. The highest BCUT2D eigenvalue weighted by atomic mass is 79.9. The van der Waals surface area contributed by atoms with Gasteiger partial charge in [-0.15, -0.1) is 0 Å². The van der Waals surface area contributed by atoms with Gasteiger partial charge in [0.25, 0.3) is 0 Å². The van der Waals surface area contributed by atoms with Gasteiger partial charge in [0.15, 0.2) is 0 Å². The van der Waals surface area contributed by atoms with Crippen LogP contribution in [-0.4, -0.2) is 16.9 Å². The fourth-order valence-electron chi connectivity index (χ4n) is 9.16. The number of carbonyl (C=O) groups excluding carboxylic acids is 1. The zero-order valence-corrected chi connectivity index (χ0v) is 24.5. The molecular weight excluding hydrogens is 484 g/mol. The molecule has 3 fully saturated rings. The standard InChI is InChI=1S/C31H51BrO2/c1-7-28(32)29(33)34-23-15-17-30(5)22(19-23)11-12-24-26-14-13-25(21(4)10-8-9-20(2)3)31(26,6)18-16-27(24)30/h11,20-21,23-28H,7-10,12-19H2,1-6H3. The molecule has 9 unspecified atom stereocenters. The molecule has 4 aliphatic carbocycles. The first-order valence-corrected chi connectivity index (χ1v) is 15.6. The van der Waals surface area contributed by atoms with Crippen molar-refractivity contribution in [2.24, 2.45) is 46.3 Å². The average molecular weight is 536 g/mol. The van der Waals surface area contributed by atoms with E-state index in [-0.39, 0.29) is 16.9 Å². The molecule has 4 rings (SSSR count). The molecule has 2 nitrogen and oxygen atoms in total. The maximum absolute atomic E-state index is 12.4. The van der Waals surface area contributed by atoms with E-state index in [2.05, 4.69) is 56.6 Å². The van der Waals surface area contributed by atoms with Crippen LogP contribution in [0.3, 0.4) is 0 Å². The van der Waals surface area contributed by atoms with Crippen LogP contribution >= 0.6 is 15.9 Å². The highest BCUT2D eigenvalue weighted by Gasteiger charge is 2.59. The van der Waals surface area contributed by atoms with Crippen molar-refractivity contribution in [3.63, 3.8) is 0 Å². The van der Waals surface area contributed by atoms with Crippen LogP contribution < -0.4 is 0 Å². The van der Waals surface area contributed by atoms with Crippen LogP contribution in [0.1, 0.15) is 119 Å².